The third-order valence-corrected chi connectivity index (χ3v) is 7.32. The number of nitrogens with one attached hydrogen (secondary N) is 1. The Morgan fingerprint density at radius 1 is 1.19 bits per heavy atom. The summed E-state index contributed by atoms with van der Waals surface area (Å²) >= 11 is 7.94. The number of nitrogen functional groups attached to an aromatic ring is 1. The van der Waals surface area contributed by atoms with E-state index in [2.05, 4.69) is 26.3 Å². The van der Waals surface area contributed by atoms with Crippen LogP contribution in [0.4, 0.5) is 5.82 Å². The molecule has 0 radical (unpaired) electrons. The molecule has 3 aromatic heterocycles. The Bertz CT molecular complexity index is 1300. The standard InChI is InChI=1S/C24H22ClN5OS/c25-20-10-21(32-22(20)14-30-8-5-16-3-6-27-12-18(16)13-30)24(31)29-11-15-1-2-19-17(9-15)4-7-28-23(19)26/h1-4,6-7,9-10,12H,5,8,11,13-14H2,(H2,26,28)(H,29,31). The minimum absolute atomic E-state index is 0.120. The van der Waals surface area contributed by atoms with Gasteiger partial charge in [0.2, 0.25) is 0 Å². The van der Waals surface area contributed by atoms with E-state index in [4.69, 9.17) is 17.3 Å². The van der Waals surface area contributed by atoms with Crippen molar-refractivity contribution in [1.82, 2.24) is 20.2 Å². The summed E-state index contributed by atoms with van der Waals surface area (Å²) in [7, 11) is 0. The van der Waals surface area contributed by atoms with E-state index in [-0.39, 0.29) is 5.91 Å². The summed E-state index contributed by atoms with van der Waals surface area (Å²) in [5.74, 6) is 0.387. The van der Waals surface area contributed by atoms with E-state index < -0.39 is 0 Å². The molecule has 0 saturated heterocycles. The Morgan fingerprint density at radius 2 is 2.09 bits per heavy atom. The number of hydrogen-bond donors (Lipinski definition) is 2. The number of hydrogen-bond acceptors (Lipinski definition) is 6. The van der Waals surface area contributed by atoms with Crippen LogP contribution >= 0.6 is 22.9 Å². The second-order valence-electron chi connectivity index (χ2n) is 7.92. The number of halogens is 1. The average Bonchev–Trinajstić information content (AvgIpc) is 3.17. The van der Waals surface area contributed by atoms with Gasteiger partial charge in [-0.1, -0.05) is 23.7 Å². The summed E-state index contributed by atoms with van der Waals surface area (Å²) in [4.78, 5) is 25.1. The van der Waals surface area contributed by atoms with Crippen LogP contribution in [0.1, 0.15) is 31.2 Å². The van der Waals surface area contributed by atoms with Gasteiger partial charge in [0.15, 0.2) is 0 Å². The van der Waals surface area contributed by atoms with Crippen molar-refractivity contribution in [1.29, 1.82) is 0 Å². The van der Waals surface area contributed by atoms with Gasteiger partial charge in [0.05, 0.1) is 9.90 Å². The van der Waals surface area contributed by atoms with Crippen molar-refractivity contribution < 1.29 is 4.79 Å². The maximum atomic E-state index is 12.7. The molecule has 1 aliphatic rings. The van der Waals surface area contributed by atoms with Crippen LogP contribution in [-0.4, -0.2) is 27.3 Å². The van der Waals surface area contributed by atoms with Gasteiger partial charge in [-0.05, 0) is 52.8 Å². The summed E-state index contributed by atoms with van der Waals surface area (Å²) in [6, 6.07) is 11.7. The highest BCUT2D eigenvalue weighted by atomic mass is 35.5. The predicted molar refractivity (Wildman–Crippen MR) is 129 cm³/mol. The topological polar surface area (TPSA) is 84.1 Å². The fourth-order valence-corrected chi connectivity index (χ4v) is 5.40. The SMILES string of the molecule is Nc1nccc2cc(CNC(=O)c3cc(Cl)c(CN4CCc5ccncc5C4)s3)ccc12. The van der Waals surface area contributed by atoms with Crippen LogP contribution in [0.3, 0.4) is 0 Å². The largest absolute Gasteiger partial charge is 0.383 e. The number of aromatic nitrogens is 2. The van der Waals surface area contributed by atoms with Gasteiger partial charge in [-0.3, -0.25) is 14.7 Å². The zero-order valence-corrected chi connectivity index (χ0v) is 18.9. The lowest BCUT2D eigenvalue weighted by Crippen LogP contribution is -2.29. The summed E-state index contributed by atoms with van der Waals surface area (Å²) in [5.41, 5.74) is 9.54. The molecule has 0 atom stereocenters. The Morgan fingerprint density at radius 3 is 3.00 bits per heavy atom. The molecule has 3 N–H and O–H groups in total. The fourth-order valence-electron chi connectivity index (χ4n) is 4.04. The fraction of sp³-hybridized carbons (Fsp3) is 0.208. The number of benzene rings is 1. The van der Waals surface area contributed by atoms with E-state index in [0.29, 0.717) is 22.3 Å². The molecule has 1 amide bonds. The molecule has 4 heterocycles. The van der Waals surface area contributed by atoms with E-state index in [9.17, 15) is 4.79 Å². The summed E-state index contributed by atoms with van der Waals surface area (Å²) in [6.07, 6.45) is 6.47. The maximum absolute atomic E-state index is 12.7. The van der Waals surface area contributed by atoms with Crippen LogP contribution in [0.2, 0.25) is 5.02 Å². The van der Waals surface area contributed by atoms with E-state index in [1.807, 2.05) is 36.7 Å². The Labute approximate surface area is 195 Å². The molecule has 1 aromatic carbocycles. The number of carbonyl (C=O) groups is 1. The number of rotatable bonds is 5. The first-order valence-corrected chi connectivity index (χ1v) is 11.6. The third-order valence-electron chi connectivity index (χ3n) is 5.76. The van der Waals surface area contributed by atoms with Crippen LogP contribution in [0, 0.1) is 0 Å². The van der Waals surface area contributed by atoms with Crippen LogP contribution < -0.4 is 11.1 Å². The van der Waals surface area contributed by atoms with Gasteiger partial charge < -0.3 is 11.1 Å². The van der Waals surface area contributed by atoms with Gasteiger partial charge in [0.1, 0.15) is 5.82 Å². The summed E-state index contributed by atoms with van der Waals surface area (Å²) in [5, 5.41) is 5.55. The molecule has 0 spiro atoms. The molecule has 6 nitrogen and oxygen atoms in total. The first-order valence-electron chi connectivity index (χ1n) is 10.4. The zero-order chi connectivity index (χ0) is 22.1. The molecule has 162 valence electrons. The second kappa shape index (κ2) is 8.86. The van der Waals surface area contributed by atoms with E-state index in [1.165, 1.54) is 22.5 Å². The van der Waals surface area contributed by atoms with Gasteiger partial charge in [-0.2, -0.15) is 0 Å². The Hall–Kier alpha value is -3.00. The quantitative estimate of drug-likeness (QED) is 0.458. The number of pyridine rings is 2. The molecular formula is C24H22ClN5OS. The van der Waals surface area contributed by atoms with Crippen molar-refractivity contribution in [3.8, 4) is 0 Å². The molecule has 5 rings (SSSR count). The molecule has 0 unspecified atom stereocenters. The van der Waals surface area contributed by atoms with Gasteiger partial charge in [-0.25, -0.2) is 4.98 Å². The smallest absolute Gasteiger partial charge is 0.261 e. The highest BCUT2D eigenvalue weighted by Gasteiger charge is 2.20. The molecular weight excluding hydrogens is 442 g/mol. The third kappa shape index (κ3) is 4.32. The van der Waals surface area contributed by atoms with Gasteiger partial charge in [-0.15, -0.1) is 11.3 Å². The number of carbonyl (C=O) groups excluding carboxylic acids is 1. The maximum Gasteiger partial charge on any atom is 0.261 e. The molecule has 4 aromatic rings. The zero-order valence-electron chi connectivity index (χ0n) is 17.3. The molecule has 0 saturated carbocycles. The van der Waals surface area contributed by atoms with E-state index in [1.54, 1.807) is 12.3 Å². The van der Waals surface area contributed by atoms with Crippen molar-refractivity contribution in [2.75, 3.05) is 12.3 Å². The summed E-state index contributed by atoms with van der Waals surface area (Å²) in [6.45, 7) is 2.97. The van der Waals surface area contributed by atoms with Crippen molar-refractivity contribution in [2.24, 2.45) is 0 Å². The second-order valence-corrected chi connectivity index (χ2v) is 9.47. The molecule has 0 aliphatic carbocycles. The Kier molecular flexibility index (Phi) is 5.78. The molecule has 32 heavy (non-hydrogen) atoms. The van der Waals surface area contributed by atoms with E-state index >= 15 is 0 Å². The van der Waals surface area contributed by atoms with Crippen molar-refractivity contribution in [3.05, 3.63) is 86.5 Å². The monoisotopic (exact) mass is 463 g/mol. The van der Waals surface area contributed by atoms with Gasteiger partial charge in [0.25, 0.3) is 5.91 Å². The number of amides is 1. The molecule has 0 fully saturated rings. The van der Waals surface area contributed by atoms with Crippen molar-refractivity contribution in [3.63, 3.8) is 0 Å². The number of thiophene rings is 1. The average molecular weight is 464 g/mol. The molecule has 0 bridgehead atoms. The van der Waals surface area contributed by atoms with Gasteiger partial charge in [0, 0.05) is 55.0 Å². The minimum Gasteiger partial charge on any atom is -0.383 e. The highest BCUT2D eigenvalue weighted by molar-refractivity contribution is 7.14. The summed E-state index contributed by atoms with van der Waals surface area (Å²) < 4.78 is 0. The molecule has 1 aliphatic heterocycles. The number of nitrogens with zero attached hydrogens (tertiary/aromatic N) is 3. The van der Waals surface area contributed by atoms with Crippen LogP contribution in [0.25, 0.3) is 10.8 Å². The van der Waals surface area contributed by atoms with Crippen LogP contribution in [-0.2, 0) is 26.1 Å². The normalized spacial score (nSPS) is 13.8. The van der Waals surface area contributed by atoms with Crippen molar-refractivity contribution in [2.45, 2.75) is 26.1 Å². The highest BCUT2D eigenvalue weighted by Crippen LogP contribution is 2.30. The molecule has 8 heteroatoms. The lowest BCUT2D eigenvalue weighted by Gasteiger charge is -2.28. The van der Waals surface area contributed by atoms with Gasteiger partial charge >= 0.3 is 0 Å². The number of nitrogens with two attached hydrogens (primary N) is 1. The minimum atomic E-state index is -0.120. The lowest BCUT2D eigenvalue weighted by atomic mass is 10.0. The first kappa shape index (κ1) is 20.9. The predicted octanol–water partition coefficient (Wildman–Crippen LogP) is 4.42. The van der Waals surface area contributed by atoms with Crippen molar-refractivity contribution >= 4 is 45.4 Å². The van der Waals surface area contributed by atoms with Crippen LogP contribution in [0.5, 0.6) is 0 Å². The first-order chi connectivity index (χ1) is 15.6. The number of fused-ring (bicyclic) bond motifs is 2. The van der Waals surface area contributed by atoms with E-state index in [0.717, 1.165) is 47.3 Å². The number of anilines is 1. The lowest BCUT2D eigenvalue weighted by molar-refractivity contribution is 0.0955. The Balaban J connectivity index is 1.23. The van der Waals surface area contributed by atoms with Crippen LogP contribution in [0.15, 0.2) is 55.0 Å².